The minimum atomic E-state index is -0.544. The van der Waals surface area contributed by atoms with Crippen molar-refractivity contribution in [3.63, 3.8) is 0 Å². The van der Waals surface area contributed by atoms with Gasteiger partial charge in [0.25, 0.3) is 5.91 Å². The third kappa shape index (κ3) is 3.08. The molecule has 3 aliphatic heterocycles. The number of nitrogens with zero attached hydrogens (tertiary/aromatic N) is 2. The molecule has 6 nitrogen and oxygen atoms in total. The first kappa shape index (κ1) is 18.8. The molecule has 1 aliphatic carbocycles. The Labute approximate surface area is 181 Å². The number of amides is 3. The predicted molar refractivity (Wildman–Crippen MR) is 114 cm³/mol. The van der Waals surface area contributed by atoms with Crippen LogP contribution in [0.2, 0.25) is 0 Å². The normalized spacial score (nSPS) is 24.2. The molecule has 1 atom stereocenters. The Balaban J connectivity index is 1.15. The highest BCUT2D eigenvalue weighted by Crippen LogP contribution is 2.46. The molecule has 0 saturated carbocycles. The standard InChI is InChI=1S/C25H25N3O3/c29-22-7-6-21(23(30)26-22)28-13-19-8-17-10-25(11-18(17)9-20(19)24(28)31)14-27(15-25)12-16-4-2-1-3-5-16/h1-5,8-9,21H,6-7,10-15H2,(H,26,29,30). The van der Waals surface area contributed by atoms with E-state index < -0.39 is 6.04 Å². The summed E-state index contributed by atoms with van der Waals surface area (Å²) < 4.78 is 0. The Morgan fingerprint density at radius 3 is 2.45 bits per heavy atom. The summed E-state index contributed by atoms with van der Waals surface area (Å²) in [5.41, 5.74) is 6.06. The molecule has 31 heavy (non-hydrogen) atoms. The van der Waals surface area contributed by atoms with Gasteiger partial charge in [0.2, 0.25) is 11.8 Å². The number of likely N-dealkylation sites (tertiary alicyclic amines) is 1. The van der Waals surface area contributed by atoms with E-state index in [9.17, 15) is 14.4 Å². The van der Waals surface area contributed by atoms with E-state index in [1.54, 1.807) is 4.90 Å². The lowest BCUT2D eigenvalue weighted by Gasteiger charge is -2.48. The zero-order valence-corrected chi connectivity index (χ0v) is 17.4. The average Bonchev–Trinajstić information content (AvgIpc) is 3.24. The van der Waals surface area contributed by atoms with Gasteiger partial charge in [0.05, 0.1) is 0 Å². The maximum Gasteiger partial charge on any atom is 0.255 e. The average molecular weight is 415 g/mol. The van der Waals surface area contributed by atoms with E-state index in [1.165, 1.54) is 16.7 Å². The van der Waals surface area contributed by atoms with Crippen LogP contribution in [0.25, 0.3) is 0 Å². The summed E-state index contributed by atoms with van der Waals surface area (Å²) in [7, 11) is 0. The number of carbonyl (C=O) groups excluding carboxylic acids is 3. The number of piperidine rings is 1. The van der Waals surface area contributed by atoms with Crippen molar-refractivity contribution in [3.8, 4) is 0 Å². The molecule has 1 unspecified atom stereocenters. The molecule has 0 bridgehead atoms. The van der Waals surface area contributed by atoms with Gasteiger partial charge in [-0.3, -0.25) is 24.6 Å². The fourth-order valence-electron chi connectivity index (χ4n) is 5.99. The molecule has 158 valence electrons. The first-order valence-electron chi connectivity index (χ1n) is 11.1. The molecule has 4 aliphatic rings. The van der Waals surface area contributed by atoms with Crippen LogP contribution in [-0.4, -0.2) is 46.7 Å². The van der Waals surface area contributed by atoms with Crippen LogP contribution < -0.4 is 5.32 Å². The maximum absolute atomic E-state index is 13.1. The highest BCUT2D eigenvalue weighted by Gasteiger charge is 2.48. The van der Waals surface area contributed by atoms with Crippen molar-refractivity contribution in [1.82, 2.24) is 15.1 Å². The molecule has 6 heteroatoms. The zero-order valence-electron chi connectivity index (χ0n) is 17.4. The quantitative estimate of drug-likeness (QED) is 0.779. The van der Waals surface area contributed by atoms with Crippen LogP contribution in [0.5, 0.6) is 0 Å². The van der Waals surface area contributed by atoms with Crippen molar-refractivity contribution < 1.29 is 14.4 Å². The largest absolute Gasteiger partial charge is 0.322 e. The second-order valence-corrected chi connectivity index (χ2v) is 9.66. The number of rotatable bonds is 3. The third-order valence-electron chi connectivity index (χ3n) is 7.34. The van der Waals surface area contributed by atoms with E-state index in [1.807, 2.05) is 0 Å². The van der Waals surface area contributed by atoms with Crippen LogP contribution in [0, 0.1) is 5.41 Å². The number of nitrogens with one attached hydrogen (secondary N) is 1. The van der Waals surface area contributed by atoms with Crippen molar-refractivity contribution in [2.75, 3.05) is 13.1 Å². The van der Waals surface area contributed by atoms with Gasteiger partial charge in [0.1, 0.15) is 6.04 Å². The van der Waals surface area contributed by atoms with Crippen molar-refractivity contribution in [2.24, 2.45) is 5.41 Å². The highest BCUT2D eigenvalue weighted by atomic mass is 16.2. The Morgan fingerprint density at radius 1 is 0.968 bits per heavy atom. The van der Waals surface area contributed by atoms with E-state index in [0.717, 1.165) is 43.6 Å². The molecule has 6 rings (SSSR count). The van der Waals surface area contributed by atoms with E-state index in [0.29, 0.717) is 18.4 Å². The molecule has 1 spiro atoms. The molecule has 3 amide bonds. The van der Waals surface area contributed by atoms with Crippen LogP contribution in [0.4, 0.5) is 0 Å². The summed E-state index contributed by atoms with van der Waals surface area (Å²) in [6, 6.07) is 14.3. The van der Waals surface area contributed by atoms with Crippen molar-refractivity contribution >= 4 is 17.7 Å². The second kappa shape index (κ2) is 6.76. The smallest absolute Gasteiger partial charge is 0.255 e. The summed E-state index contributed by atoms with van der Waals surface area (Å²) in [5.74, 6) is -0.680. The van der Waals surface area contributed by atoms with Crippen molar-refractivity contribution in [3.05, 3.63) is 70.3 Å². The number of benzene rings is 2. The van der Waals surface area contributed by atoms with Gasteiger partial charge in [0.15, 0.2) is 0 Å². The summed E-state index contributed by atoms with van der Waals surface area (Å²) in [6.07, 6.45) is 2.78. The molecule has 0 aromatic heterocycles. The highest BCUT2D eigenvalue weighted by molar-refractivity contribution is 6.05. The lowest BCUT2D eigenvalue weighted by molar-refractivity contribution is -0.136. The molecule has 2 aromatic rings. The van der Waals surface area contributed by atoms with Crippen LogP contribution >= 0.6 is 0 Å². The van der Waals surface area contributed by atoms with Gasteiger partial charge in [-0.15, -0.1) is 0 Å². The number of hydrogen-bond acceptors (Lipinski definition) is 4. The molecule has 1 N–H and O–H groups in total. The Morgan fingerprint density at radius 2 is 1.71 bits per heavy atom. The topological polar surface area (TPSA) is 69.7 Å². The Hall–Kier alpha value is -2.99. The molecule has 2 aromatic carbocycles. The van der Waals surface area contributed by atoms with E-state index in [2.05, 4.69) is 52.7 Å². The molecule has 3 heterocycles. The first-order valence-corrected chi connectivity index (χ1v) is 11.1. The molecule has 2 saturated heterocycles. The molecule has 2 fully saturated rings. The van der Waals surface area contributed by atoms with Crippen LogP contribution in [0.3, 0.4) is 0 Å². The van der Waals surface area contributed by atoms with Gasteiger partial charge < -0.3 is 4.90 Å². The van der Waals surface area contributed by atoms with Crippen LogP contribution in [0.1, 0.15) is 45.5 Å². The monoisotopic (exact) mass is 415 g/mol. The number of imide groups is 1. The molecule has 0 radical (unpaired) electrons. The molecular weight excluding hydrogens is 390 g/mol. The fourth-order valence-corrected chi connectivity index (χ4v) is 5.99. The second-order valence-electron chi connectivity index (χ2n) is 9.66. The van der Waals surface area contributed by atoms with Gasteiger partial charge in [0, 0.05) is 43.6 Å². The Bertz CT molecular complexity index is 1100. The summed E-state index contributed by atoms with van der Waals surface area (Å²) in [4.78, 5) is 40.9. The minimum absolute atomic E-state index is 0.0763. The number of fused-ring (bicyclic) bond motifs is 2. The third-order valence-corrected chi connectivity index (χ3v) is 7.34. The lowest BCUT2D eigenvalue weighted by atomic mass is 9.77. The van der Waals surface area contributed by atoms with Crippen molar-refractivity contribution in [1.29, 1.82) is 0 Å². The van der Waals surface area contributed by atoms with E-state index in [-0.39, 0.29) is 24.1 Å². The summed E-state index contributed by atoms with van der Waals surface area (Å²) in [6.45, 7) is 3.64. The van der Waals surface area contributed by atoms with Crippen LogP contribution in [-0.2, 0) is 35.5 Å². The van der Waals surface area contributed by atoms with Gasteiger partial charge in [-0.1, -0.05) is 36.4 Å². The van der Waals surface area contributed by atoms with Crippen molar-refractivity contribution in [2.45, 2.75) is 44.8 Å². The fraction of sp³-hybridized carbons (Fsp3) is 0.400. The minimum Gasteiger partial charge on any atom is -0.322 e. The molecular formula is C25H25N3O3. The van der Waals surface area contributed by atoms with Gasteiger partial charge in [-0.25, -0.2) is 0 Å². The predicted octanol–water partition coefficient (Wildman–Crippen LogP) is 2.05. The maximum atomic E-state index is 13.1. The summed E-state index contributed by atoms with van der Waals surface area (Å²) >= 11 is 0. The van der Waals surface area contributed by atoms with Gasteiger partial charge in [-0.2, -0.15) is 0 Å². The van der Waals surface area contributed by atoms with E-state index in [4.69, 9.17) is 0 Å². The Kier molecular flexibility index (Phi) is 4.09. The summed E-state index contributed by atoms with van der Waals surface area (Å²) in [5, 5.41) is 2.37. The van der Waals surface area contributed by atoms with Gasteiger partial charge in [-0.05, 0) is 47.6 Å². The van der Waals surface area contributed by atoms with Crippen LogP contribution in [0.15, 0.2) is 42.5 Å². The number of hydrogen-bond donors (Lipinski definition) is 1. The van der Waals surface area contributed by atoms with E-state index >= 15 is 0 Å². The SMILES string of the molecule is O=C1CCC(N2Cc3cc4c(cc3C2=O)CC2(C4)CN(Cc3ccccc3)C2)C(=O)N1. The first-order chi connectivity index (χ1) is 15.0. The number of carbonyl (C=O) groups is 3. The lowest BCUT2D eigenvalue weighted by Crippen LogP contribution is -2.56. The zero-order chi connectivity index (χ0) is 21.2. The van der Waals surface area contributed by atoms with Gasteiger partial charge >= 0.3 is 0 Å².